The Balaban J connectivity index is 0. The molecule has 0 aromatic heterocycles. The molecule has 5 nitrogen and oxygen atoms in total. The van der Waals surface area contributed by atoms with Crippen LogP contribution in [0.2, 0.25) is 0 Å². The van der Waals surface area contributed by atoms with E-state index in [4.69, 9.17) is 5.11 Å². The molecule has 84 valence electrons. The molecule has 15 heavy (non-hydrogen) atoms. The molecule has 0 aliphatic rings. The summed E-state index contributed by atoms with van der Waals surface area (Å²) in [6.45, 7) is 1.26. The molecule has 0 saturated heterocycles. The molecule has 0 spiro atoms. The van der Waals surface area contributed by atoms with E-state index >= 15 is 0 Å². The van der Waals surface area contributed by atoms with Gasteiger partial charge in [-0.3, -0.25) is 14.4 Å². The Bertz CT molecular complexity index is 227. The van der Waals surface area contributed by atoms with Crippen LogP contribution < -0.4 is 0 Å². The Morgan fingerprint density at radius 2 is 1.73 bits per heavy atom. The Morgan fingerprint density at radius 3 is 2.20 bits per heavy atom. The van der Waals surface area contributed by atoms with E-state index in [1.54, 1.807) is 0 Å². The molecular weight excluding hydrogens is 228 g/mol. The van der Waals surface area contributed by atoms with Crippen LogP contribution in [0, 0.1) is 0 Å². The molecule has 0 unspecified atom stereocenters. The molecule has 6 heteroatoms. The number of Topliss-reactive ketones (excluding diaryl/α,β-unsaturated/α-hetero) is 1. The second-order valence-corrected chi connectivity index (χ2v) is 2.91. The van der Waals surface area contributed by atoms with Crippen LogP contribution in [0.4, 0.5) is 0 Å². The molecule has 0 aromatic carbocycles. The van der Waals surface area contributed by atoms with E-state index in [2.05, 4.69) is 4.74 Å². The fourth-order valence-corrected chi connectivity index (χ4v) is 0.798. The molecule has 0 amide bonds. The van der Waals surface area contributed by atoms with E-state index in [1.165, 1.54) is 6.92 Å². The first-order valence-electron chi connectivity index (χ1n) is 4.40. The summed E-state index contributed by atoms with van der Waals surface area (Å²) >= 11 is 0. The molecule has 0 saturated carbocycles. The number of hydrogen-bond donors (Lipinski definition) is 1. The average Bonchev–Trinajstić information content (AvgIpc) is 2.02. The summed E-state index contributed by atoms with van der Waals surface area (Å²) < 4.78 is 4.33. The number of esters is 2. The van der Waals surface area contributed by atoms with Crippen molar-refractivity contribution < 1.29 is 24.2 Å². The Morgan fingerprint density at radius 1 is 1.13 bits per heavy atom. The zero-order chi connectivity index (χ0) is 11.0. The quantitative estimate of drug-likeness (QED) is 0.289. The van der Waals surface area contributed by atoms with Gasteiger partial charge in [-0.1, -0.05) is 0 Å². The van der Waals surface area contributed by atoms with Crippen molar-refractivity contribution in [2.75, 3.05) is 6.61 Å². The van der Waals surface area contributed by atoms with Gasteiger partial charge in [0.1, 0.15) is 12.2 Å². The number of ether oxygens (including phenoxy) is 1. The molecule has 0 atom stereocenters. The minimum atomic E-state index is -0.813. The van der Waals surface area contributed by atoms with Crippen LogP contribution in [-0.4, -0.2) is 67.2 Å². The topological polar surface area (TPSA) is 80.7 Å². The van der Waals surface area contributed by atoms with Crippen molar-refractivity contribution >= 4 is 55.5 Å². The number of carbonyl (C=O) groups is 3. The first-order chi connectivity index (χ1) is 6.56. The first-order valence-corrected chi connectivity index (χ1v) is 4.40. The van der Waals surface area contributed by atoms with Gasteiger partial charge in [0.2, 0.25) is 0 Å². The van der Waals surface area contributed by atoms with Crippen molar-refractivity contribution in [3.8, 4) is 0 Å². The van der Waals surface area contributed by atoms with Gasteiger partial charge in [0.25, 0.3) is 0 Å². The van der Waals surface area contributed by atoms with Gasteiger partial charge in [-0.15, -0.1) is 0 Å². The van der Waals surface area contributed by atoms with E-state index in [9.17, 15) is 14.4 Å². The molecule has 0 radical (unpaired) electrons. The van der Waals surface area contributed by atoms with Gasteiger partial charge in [-0.05, 0) is 19.8 Å². The number of carbonyl (C=O) groups excluding carboxylic acids is 3. The molecule has 0 rings (SSSR count). The van der Waals surface area contributed by atoms with E-state index in [0.29, 0.717) is 12.8 Å². The van der Waals surface area contributed by atoms with E-state index in [-0.39, 0.29) is 63.0 Å². The molecule has 0 aliphatic heterocycles. The summed E-state index contributed by atoms with van der Waals surface area (Å²) in [7, 11) is 0. The fraction of sp³-hybridized carbons (Fsp3) is 0.667. The number of unbranched alkanes of at least 4 members (excludes halogenated alkanes) is 1. The van der Waals surface area contributed by atoms with Crippen LogP contribution in [-0.2, 0) is 19.1 Å². The zero-order valence-electron chi connectivity index (χ0n) is 8.12. The maximum atomic E-state index is 10.9. The summed E-state index contributed by atoms with van der Waals surface area (Å²) in [5.74, 6) is -1.80. The van der Waals surface area contributed by atoms with Crippen LogP contribution in [0.1, 0.15) is 32.6 Å². The van der Waals surface area contributed by atoms with E-state index < -0.39 is 11.9 Å². The van der Waals surface area contributed by atoms with Gasteiger partial charge < -0.3 is 9.84 Å². The van der Waals surface area contributed by atoms with Gasteiger partial charge in [0.05, 0.1) is 0 Å². The Kier molecular flexibility index (Phi) is 12.2. The molecule has 0 heterocycles. The summed E-state index contributed by atoms with van der Waals surface area (Å²) in [6.07, 6.45) is 0.689. The van der Waals surface area contributed by atoms with Crippen molar-refractivity contribution in [1.29, 1.82) is 0 Å². The second-order valence-electron chi connectivity index (χ2n) is 2.91. The summed E-state index contributed by atoms with van der Waals surface area (Å²) in [4.78, 5) is 32.1. The van der Waals surface area contributed by atoms with Crippen molar-refractivity contribution in [3.63, 3.8) is 0 Å². The third-order valence-electron chi connectivity index (χ3n) is 1.41. The summed E-state index contributed by atoms with van der Waals surface area (Å²) in [6, 6.07) is 0. The molecule has 1 N–H and O–H groups in total. The normalized spacial score (nSPS) is 8.93. The number of ketones is 1. The molecule has 0 aromatic rings. The monoisotopic (exact) mass is 244 g/mol. The molecular formula is C9H16CaO5. The SMILES string of the molecule is CC(=O)CC(=O)OC(=O)CCCCO.[CaH2]. The van der Waals surface area contributed by atoms with Crippen LogP contribution in [0.25, 0.3) is 0 Å². The number of hydrogen-bond acceptors (Lipinski definition) is 5. The number of aliphatic hydroxyl groups is 1. The van der Waals surface area contributed by atoms with Gasteiger partial charge in [-0.2, -0.15) is 0 Å². The van der Waals surface area contributed by atoms with Gasteiger partial charge in [0.15, 0.2) is 0 Å². The fourth-order valence-electron chi connectivity index (χ4n) is 0.798. The third-order valence-corrected chi connectivity index (χ3v) is 1.41. The second kappa shape index (κ2) is 10.5. The van der Waals surface area contributed by atoms with Crippen molar-refractivity contribution in [1.82, 2.24) is 0 Å². The molecule has 0 aliphatic carbocycles. The standard InChI is InChI=1S/C9H14O5.Ca.2H/c1-7(11)6-9(13)14-8(12)4-2-3-5-10;;;/h10H,2-6H2,1H3;;;. The summed E-state index contributed by atoms with van der Waals surface area (Å²) in [5, 5.41) is 8.42. The number of rotatable bonds is 6. The van der Waals surface area contributed by atoms with Crippen molar-refractivity contribution in [2.45, 2.75) is 32.6 Å². The van der Waals surface area contributed by atoms with E-state index in [0.717, 1.165) is 0 Å². The first kappa shape index (κ1) is 17.4. The predicted molar refractivity (Wildman–Crippen MR) is 55.9 cm³/mol. The van der Waals surface area contributed by atoms with Crippen LogP contribution in [0.15, 0.2) is 0 Å². The Labute approximate surface area is 118 Å². The Hall–Kier alpha value is 0.0297. The van der Waals surface area contributed by atoms with Crippen LogP contribution in [0.5, 0.6) is 0 Å². The van der Waals surface area contributed by atoms with Crippen molar-refractivity contribution in [2.24, 2.45) is 0 Å². The van der Waals surface area contributed by atoms with Gasteiger partial charge in [0, 0.05) is 13.0 Å². The maximum absolute atomic E-state index is 10.9. The summed E-state index contributed by atoms with van der Waals surface area (Å²) in [5.41, 5.74) is 0. The number of aliphatic hydroxyl groups excluding tert-OH is 1. The van der Waals surface area contributed by atoms with Crippen LogP contribution in [0.3, 0.4) is 0 Å². The third kappa shape index (κ3) is 12.0. The van der Waals surface area contributed by atoms with E-state index in [1.807, 2.05) is 0 Å². The zero-order valence-corrected chi connectivity index (χ0v) is 8.12. The van der Waals surface area contributed by atoms with Gasteiger partial charge in [-0.25, -0.2) is 0 Å². The predicted octanol–water partition coefficient (Wildman–Crippen LogP) is -0.718. The van der Waals surface area contributed by atoms with Gasteiger partial charge >= 0.3 is 49.7 Å². The average molecular weight is 244 g/mol. The molecule has 0 fully saturated rings. The van der Waals surface area contributed by atoms with Crippen molar-refractivity contribution in [3.05, 3.63) is 0 Å². The molecule has 0 bridgehead atoms. The minimum absolute atomic E-state index is 0. The van der Waals surface area contributed by atoms with Crippen LogP contribution >= 0.6 is 0 Å².